The minimum Gasteiger partial charge on any atom is -0.401 e. The van der Waals surface area contributed by atoms with E-state index in [0.717, 1.165) is 22.0 Å². The van der Waals surface area contributed by atoms with Crippen molar-refractivity contribution in [3.8, 4) is 0 Å². The summed E-state index contributed by atoms with van der Waals surface area (Å²) in [4.78, 5) is 14.8. The predicted octanol–water partition coefficient (Wildman–Crippen LogP) is 6.55. The molecule has 3 aromatic carbocycles. The van der Waals surface area contributed by atoms with Crippen LogP contribution in [-0.2, 0) is 0 Å². The number of hydrogen-bond acceptors (Lipinski definition) is 4. The molecule has 1 aromatic heterocycles. The second kappa shape index (κ2) is 6.44. The van der Waals surface area contributed by atoms with E-state index in [1.54, 1.807) is 30.5 Å². The SMILES string of the molecule is O=[N+]([O-])c1cc2c(ccc3cc(N=Cc4ccc(Cl)cc4Cl)ccc32)o1. The van der Waals surface area contributed by atoms with E-state index in [1.807, 2.05) is 24.3 Å². The summed E-state index contributed by atoms with van der Waals surface area (Å²) in [5.41, 5.74) is 1.98. The summed E-state index contributed by atoms with van der Waals surface area (Å²) in [5, 5.41) is 14.5. The maximum Gasteiger partial charge on any atom is 0.434 e. The molecule has 0 aliphatic heterocycles. The van der Waals surface area contributed by atoms with Crippen molar-refractivity contribution in [1.82, 2.24) is 0 Å². The van der Waals surface area contributed by atoms with Crippen molar-refractivity contribution in [1.29, 1.82) is 0 Å². The summed E-state index contributed by atoms with van der Waals surface area (Å²) in [5.74, 6) is -0.271. The van der Waals surface area contributed by atoms with E-state index in [9.17, 15) is 10.1 Å². The standard InChI is InChI=1S/C19H10Cl2N2O3/c20-13-3-1-12(17(21)8-13)10-22-14-4-5-15-11(7-14)2-6-18-16(15)9-19(26-18)23(24)25/h1-10H. The number of nitrogens with zero attached hydrogens (tertiary/aromatic N) is 2. The molecule has 0 atom stereocenters. The maximum atomic E-state index is 10.9. The summed E-state index contributed by atoms with van der Waals surface area (Å²) < 4.78 is 5.24. The molecule has 7 heteroatoms. The Hall–Kier alpha value is -2.89. The molecule has 26 heavy (non-hydrogen) atoms. The normalized spacial score (nSPS) is 11.6. The summed E-state index contributed by atoms with van der Waals surface area (Å²) in [6, 6.07) is 15.8. The summed E-state index contributed by atoms with van der Waals surface area (Å²) in [6.45, 7) is 0. The lowest BCUT2D eigenvalue weighted by Crippen LogP contribution is -1.82. The Kier molecular flexibility index (Phi) is 4.11. The molecular formula is C19H10Cl2N2O3. The molecule has 0 spiro atoms. The van der Waals surface area contributed by atoms with E-state index in [-0.39, 0.29) is 5.88 Å². The summed E-state index contributed by atoms with van der Waals surface area (Å²) >= 11 is 12.0. The van der Waals surface area contributed by atoms with Gasteiger partial charge in [0, 0.05) is 22.2 Å². The van der Waals surface area contributed by atoms with Gasteiger partial charge in [-0.2, -0.15) is 0 Å². The highest BCUT2D eigenvalue weighted by Crippen LogP contribution is 2.33. The Balaban J connectivity index is 1.74. The Morgan fingerprint density at radius 1 is 1.00 bits per heavy atom. The molecule has 4 rings (SSSR count). The smallest absolute Gasteiger partial charge is 0.401 e. The third-order valence-corrected chi connectivity index (χ3v) is 4.54. The molecule has 1 heterocycles. The molecule has 0 unspecified atom stereocenters. The van der Waals surface area contributed by atoms with Crippen molar-refractivity contribution in [2.24, 2.45) is 4.99 Å². The van der Waals surface area contributed by atoms with Gasteiger partial charge < -0.3 is 4.42 Å². The Morgan fingerprint density at radius 3 is 2.62 bits per heavy atom. The van der Waals surface area contributed by atoms with Gasteiger partial charge in [0.05, 0.1) is 16.8 Å². The number of hydrogen-bond donors (Lipinski definition) is 0. The topological polar surface area (TPSA) is 68.6 Å². The second-order valence-electron chi connectivity index (χ2n) is 5.65. The zero-order valence-electron chi connectivity index (χ0n) is 13.1. The zero-order chi connectivity index (χ0) is 18.3. The molecule has 0 saturated carbocycles. The molecule has 0 fully saturated rings. The van der Waals surface area contributed by atoms with Crippen LogP contribution in [0.5, 0.6) is 0 Å². The first-order valence-electron chi connectivity index (χ1n) is 7.61. The molecule has 0 amide bonds. The molecule has 128 valence electrons. The van der Waals surface area contributed by atoms with E-state index in [1.165, 1.54) is 6.07 Å². The molecule has 5 nitrogen and oxygen atoms in total. The van der Waals surface area contributed by atoms with Crippen LogP contribution in [0.25, 0.3) is 21.7 Å². The molecular weight excluding hydrogens is 375 g/mol. The minimum atomic E-state index is -0.541. The van der Waals surface area contributed by atoms with Crippen molar-refractivity contribution in [2.45, 2.75) is 0 Å². The van der Waals surface area contributed by atoms with Crippen molar-refractivity contribution >= 4 is 62.7 Å². The molecule has 0 bridgehead atoms. The summed E-state index contributed by atoms with van der Waals surface area (Å²) in [6.07, 6.45) is 1.67. The lowest BCUT2D eigenvalue weighted by Gasteiger charge is -2.01. The minimum absolute atomic E-state index is 0.271. The first-order chi connectivity index (χ1) is 12.5. The van der Waals surface area contributed by atoms with Gasteiger partial charge in [-0.15, -0.1) is 0 Å². The fourth-order valence-corrected chi connectivity index (χ4v) is 3.20. The molecule has 0 aliphatic carbocycles. The van der Waals surface area contributed by atoms with Crippen LogP contribution in [0.3, 0.4) is 0 Å². The fourth-order valence-electron chi connectivity index (χ4n) is 2.75. The predicted molar refractivity (Wildman–Crippen MR) is 104 cm³/mol. The first kappa shape index (κ1) is 16.6. The first-order valence-corrected chi connectivity index (χ1v) is 8.37. The van der Waals surface area contributed by atoms with Crippen molar-refractivity contribution in [3.63, 3.8) is 0 Å². The fraction of sp³-hybridized carbons (Fsp3) is 0. The van der Waals surface area contributed by atoms with Gasteiger partial charge in [0.15, 0.2) is 0 Å². The highest BCUT2D eigenvalue weighted by atomic mass is 35.5. The summed E-state index contributed by atoms with van der Waals surface area (Å²) in [7, 11) is 0. The molecule has 0 saturated heterocycles. The van der Waals surface area contributed by atoms with Crippen molar-refractivity contribution in [2.75, 3.05) is 0 Å². The number of fused-ring (bicyclic) bond motifs is 3. The van der Waals surface area contributed by atoms with E-state index in [2.05, 4.69) is 4.99 Å². The van der Waals surface area contributed by atoms with Crippen LogP contribution in [0, 0.1) is 10.1 Å². The third kappa shape index (κ3) is 3.03. The van der Waals surface area contributed by atoms with Crippen LogP contribution in [0.4, 0.5) is 11.6 Å². The Morgan fingerprint density at radius 2 is 1.85 bits per heavy atom. The molecule has 0 aliphatic rings. The monoisotopic (exact) mass is 384 g/mol. The van der Waals surface area contributed by atoms with Crippen molar-refractivity contribution in [3.05, 3.63) is 80.3 Å². The van der Waals surface area contributed by atoms with Gasteiger partial charge >= 0.3 is 5.88 Å². The van der Waals surface area contributed by atoms with Crippen LogP contribution in [-0.4, -0.2) is 11.1 Å². The lowest BCUT2D eigenvalue weighted by atomic mass is 10.1. The van der Waals surface area contributed by atoms with Gasteiger partial charge in [0.2, 0.25) is 0 Å². The quantitative estimate of drug-likeness (QED) is 0.228. The van der Waals surface area contributed by atoms with Crippen LogP contribution in [0.2, 0.25) is 10.0 Å². The van der Waals surface area contributed by atoms with E-state index < -0.39 is 4.92 Å². The van der Waals surface area contributed by atoms with Gasteiger partial charge in [0.1, 0.15) is 10.5 Å². The van der Waals surface area contributed by atoms with Crippen LogP contribution >= 0.6 is 23.2 Å². The average Bonchev–Trinajstić information content (AvgIpc) is 3.06. The highest BCUT2D eigenvalue weighted by molar-refractivity contribution is 6.36. The zero-order valence-corrected chi connectivity index (χ0v) is 14.7. The van der Waals surface area contributed by atoms with Crippen molar-refractivity contribution < 1.29 is 9.34 Å². The van der Waals surface area contributed by atoms with E-state index >= 15 is 0 Å². The number of aliphatic imine (C=N–C) groups is 1. The highest BCUT2D eigenvalue weighted by Gasteiger charge is 2.15. The second-order valence-corrected chi connectivity index (χ2v) is 6.49. The Labute approximate surface area is 157 Å². The number of rotatable bonds is 3. The van der Waals surface area contributed by atoms with Crippen LogP contribution in [0.15, 0.2) is 64.0 Å². The maximum absolute atomic E-state index is 10.9. The van der Waals surface area contributed by atoms with Gasteiger partial charge in [-0.1, -0.05) is 41.4 Å². The number of halogens is 2. The van der Waals surface area contributed by atoms with Gasteiger partial charge in [-0.3, -0.25) is 15.1 Å². The largest absolute Gasteiger partial charge is 0.434 e. The van der Waals surface area contributed by atoms with E-state index in [0.29, 0.717) is 21.0 Å². The number of benzene rings is 3. The Bertz CT molecular complexity index is 1200. The van der Waals surface area contributed by atoms with Crippen LogP contribution in [0.1, 0.15) is 5.56 Å². The van der Waals surface area contributed by atoms with Gasteiger partial charge in [-0.05, 0) is 41.1 Å². The molecule has 0 radical (unpaired) electrons. The molecule has 0 N–H and O–H groups in total. The third-order valence-electron chi connectivity index (χ3n) is 3.98. The average molecular weight is 385 g/mol. The lowest BCUT2D eigenvalue weighted by molar-refractivity contribution is -0.401. The number of nitro groups is 1. The molecule has 4 aromatic rings. The number of furan rings is 1. The van der Waals surface area contributed by atoms with Gasteiger partial charge in [-0.25, -0.2) is 0 Å². The van der Waals surface area contributed by atoms with Gasteiger partial charge in [0.25, 0.3) is 0 Å². The van der Waals surface area contributed by atoms with E-state index in [4.69, 9.17) is 27.6 Å². The van der Waals surface area contributed by atoms with Crippen LogP contribution < -0.4 is 0 Å².